The van der Waals surface area contributed by atoms with E-state index in [9.17, 15) is 4.79 Å². The second-order valence-electron chi connectivity index (χ2n) is 5.56. The number of hydrogen-bond acceptors (Lipinski definition) is 4. The summed E-state index contributed by atoms with van der Waals surface area (Å²) in [5.74, 6) is -0.174. The van der Waals surface area contributed by atoms with Crippen LogP contribution < -0.4 is 5.32 Å². The van der Waals surface area contributed by atoms with Gasteiger partial charge in [-0.2, -0.15) is 0 Å². The highest BCUT2D eigenvalue weighted by atomic mass is 35.5. The molecule has 0 atom stereocenters. The van der Waals surface area contributed by atoms with Gasteiger partial charge in [0.1, 0.15) is 5.01 Å². The van der Waals surface area contributed by atoms with Crippen molar-refractivity contribution in [2.24, 2.45) is 0 Å². The summed E-state index contributed by atoms with van der Waals surface area (Å²) in [6.45, 7) is 4.01. The fraction of sp³-hybridized carbons (Fsp3) is 0.167. The molecule has 0 saturated carbocycles. The third kappa shape index (κ3) is 3.99. The molecule has 1 amide bonds. The number of halogens is 1. The Morgan fingerprint density at radius 1 is 1.08 bits per heavy atom. The summed E-state index contributed by atoms with van der Waals surface area (Å²) in [5, 5.41) is 13.0. The van der Waals surface area contributed by atoms with E-state index < -0.39 is 0 Å². The van der Waals surface area contributed by atoms with Crippen molar-refractivity contribution in [1.82, 2.24) is 10.2 Å². The van der Waals surface area contributed by atoms with Crippen molar-refractivity contribution in [3.63, 3.8) is 0 Å². The zero-order valence-corrected chi connectivity index (χ0v) is 14.9. The van der Waals surface area contributed by atoms with Crippen molar-refractivity contribution >= 4 is 34.0 Å². The Morgan fingerprint density at radius 3 is 2.54 bits per heavy atom. The van der Waals surface area contributed by atoms with Crippen LogP contribution in [0.3, 0.4) is 0 Å². The van der Waals surface area contributed by atoms with Gasteiger partial charge in [-0.25, -0.2) is 0 Å². The molecule has 122 valence electrons. The summed E-state index contributed by atoms with van der Waals surface area (Å²) in [6.07, 6.45) is 0.661. The lowest BCUT2D eigenvalue weighted by molar-refractivity contribution is 0.102. The van der Waals surface area contributed by atoms with Crippen LogP contribution in [0.5, 0.6) is 0 Å². The van der Waals surface area contributed by atoms with Crippen molar-refractivity contribution in [1.29, 1.82) is 0 Å². The molecule has 0 aliphatic carbocycles. The van der Waals surface area contributed by atoms with E-state index in [2.05, 4.69) is 15.5 Å². The molecular formula is C18H16ClN3OS. The minimum absolute atomic E-state index is 0.174. The van der Waals surface area contributed by atoms with Crippen LogP contribution in [-0.2, 0) is 6.42 Å². The first kappa shape index (κ1) is 16.6. The predicted octanol–water partition coefficient (Wildman–Crippen LogP) is 4.65. The number of amides is 1. The summed E-state index contributed by atoms with van der Waals surface area (Å²) in [6, 6.07) is 13.2. The first-order chi connectivity index (χ1) is 11.5. The molecule has 3 rings (SSSR count). The largest absolute Gasteiger partial charge is 0.296 e. The fourth-order valence-electron chi connectivity index (χ4n) is 2.20. The molecule has 1 N–H and O–H groups in total. The van der Waals surface area contributed by atoms with Gasteiger partial charge in [0.25, 0.3) is 5.91 Å². The van der Waals surface area contributed by atoms with Crippen LogP contribution in [0.15, 0.2) is 42.5 Å². The second kappa shape index (κ2) is 7.11. The quantitative estimate of drug-likeness (QED) is 0.739. The first-order valence-corrected chi connectivity index (χ1v) is 8.66. The normalized spacial score (nSPS) is 10.6. The molecule has 1 aromatic heterocycles. The molecule has 0 radical (unpaired) electrons. The molecular weight excluding hydrogens is 342 g/mol. The lowest BCUT2D eigenvalue weighted by Gasteiger charge is -2.04. The molecule has 0 bridgehead atoms. The number of aromatic nitrogens is 2. The molecule has 3 aromatic rings. The molecule has 0 saturated heterocycles. The fourth-order valence-corrected chi connectivity index (χ4v) is 3.10. The van der Waals surface area contributed by atoms with Gasteiger partial charge in [0.15, 0.2) is 0 Å². The molecule has 0 aliphatic rings. The van der Waals surface area contributed by atoms with Crippen LogP contribution in [0, 0.1) is 13.8 Å². The molecule has 1 heterocycles. The van der Waals surface area contributed by atoms with Gasteiger partial charge >= 0.3 is 0 Å². The number of hydrogen-bond donors (Lipinski definition) is 1. The highest BCUT2D eigenvalue weighted by molar-refractivity contribution is 7.15. The smallest absolute Gasteiger partial charge is 0.257 e. The molecule has 0 aliphatic heterocycles. The maximum Gasteiger partial charge on any atom is 0.257 e. The monoisotopic (exact) mass is 357 g/mol. The van der Waals surface area contributed by atoms with E-state index in [1.807, 2.05) is 56.3 Å². The van der Waals surface area contributed by atoms with Gasteiger partial charge in [0.2, 0.25) is 5.13 Å². The zero-order chi connectivity index (χ0) is 17.1. The predicted molar refractivity (Wildman–Crippen MR) is 98.0 cm³/mol. The lowest BCUT2D eigenvalue weighted by atomic mass is 10.1. The Hall–Kier alpha value is -2.24. The minimum Gasteiger partial charge on any atom is -0.296 e. The SMILES string of the molecule is Cc1ccc(C(=O)Nc2nnc(Cc3ccc(Cl)cc3)s2)cc1C. The first-order valence-electron chi connectivity index (χ1n) is 7.47. The lowest BCUT2D eigenvalue weighted by Crippen LogP contribution is -2.12. The van der Waals surface area contributed by atoms with Crippen molar-refractivity contribution in [2.75, 3.05) is 5.32 Å². The third-order valence-corrected chi connectivity index (χ3v) is 4.82. The van der Waals surface area contributed by atoms with Crippen LogP contribution >= 0.6 is 22.9 Å². The van der Waals surface area contributed by atoms with Crippen LogP contribution in [0.2, 0.25) is 5.02 Å². The van der Waals surface area contributed by atoms with E-state index in [1.165, 1.54) is 11.3 Å². The summed E-state index contributed by atoms with van der Waals surface area (Å²) in [5.41, 5.74) is 3.96. The molecule has 4 nitrogen and oxygen atoms in total. The van der Waals surface area contributed by atoms with Gasteiger partial charge in [-0.3, -0.25) is 10.1 Å². The maximum atomic E-state index is 12.3. The highest BCUT2D eigenvalue weighted by Crippen LogP contribution is 2.20. The van der Waals surface area contributed by atoms with E-state index >= 15 is 0 Å². The number of carbonyl (C=O) groups is 1. The van der Waals surface area contributed by atoms with Gasteiger partial charge < -0.3 is 0 Å². The Bertz CT molecular complexity index is 874. The average Bonchev–Trinajstić information content (AvgIpc) is 2.99. The van der Waals surface area contributed by atoms with Crippen molar-refractivity contribution in [3.8, 4) is 0 Å². The van der Waals surface area contributed by atoms with Crippen molar-refractivity contribution in [2.45, 2.75) is 20.3 Å². The summed E-state index contributed by atoms with van der Waals surface area (Å²) >= 11 is 7.26. The average molecular weight is 358 g/mol. The Balaban J connectivity index is 1.68. The van der Waals surface area contributed by atoms with E-state index in [4.69, 9.17) is 11.6 Å². The molecule has 0 spiro atoms. The van der Waals surface area contributed by atoms with Crippen molar-refractivity contribution < 1.29 is 4.79 Å². The Morgan fingerprint density at radius 2 is 1.83 bits per heavy atom. The maximum absolute atomic E-state index is 12.3. The van der Waals surface area contributed by atoms with Gasteiger partial charge in [-0.05, 0) is 54.8 Å². The summed E-state index contributed by atoms with van der Waals surface area (Å²) < 4.78 is 0. The highest BCUT2D eigenvalue weighted by Gasteiger charge is 2.11. The van der Waals surface area contributed by atoms with Crippen LogP contribution in [-0.4, -0.2) is 16.1 Å². The Labute approximate surface area is 149 Å². The number of rotatable bonds is 4. The van der Waals surface area contributed by atoms with E-state index in [1.54, 1.807) is 0 Å². The number of nitrogens with zero attached hydrogens (tertiary/aromatic N) is 2. The van der Waals surface area contributed by atoms with E-state index in [0.717, 1.165) is 21.7 Å². The van der Waals surface area contributed by atoms with Crippen LogP contribution in [0.25, 0.3) is 0 Å². The Kier molecular flexibility index (Phi) is 4.92. The number of aryl methyl sites for hydroxylation is 2. The molecule has 0 fully saturated rings. The van der Waals surface area contributed by atoms with Crippen molar-refractivity contribution in [3.05, 3.63) is 74.7 Å². The van der Waals surface area contributed by atoms with Gasteiger partial charge in [-0.1, -0.05) is 41.1 Å². The minimum atomic E-state index is -0.174. The summed E-state index contributed by atoms with van der Waals surface area (Å²) in [7, 11) is 0. The van der Waals surface area contributed by atoms with Crippen LogP contribution in [0.4, 0.5) is 5.13 Å². The van der Waals surface area contributed by atoms with E-state index in [-0.39, 0.29) is 5.91 Å². The zero-order valence-electron chi connectivity index (χ0n) is 13.3. The van der Waals surface area contributed by atoms with E-state index in [0.29, 0.717) is 22.1 Å². The number of anilines is 1. The van der Waals surface area contributed by atoms with Gasteiger partial charge in [-0.15, -0.1) is 10.2 Å². The standard InChI is InChI=1S/C18H16ClN3OS/c1-11-3-6-14(9-12(11)2)17(23)20-18-22-21-16(24-18)10-13-4-7-15(19)8-5-13/h3-9H,10H2,1-2H3,(H,20,22,23). The number of carbonyl (C=O) groups excluding carboxylic acids is 1. The third-order valence-electron chi connectivity index (χ3n) is 3.73. The molecule has 0 unspecified atom stereocenters. The van der Waals surface area contributed by atoms with Gasteiger partial charge in [0.05, 0.1) is 0 Å². The molecule has 24 heavy (non-hydrogen) atoms. The molecule has 6 heteroatoms. The summed E-state index contributed by atoms with van der Waals surface area (Å²) in [4.78, 5) is 12.3. The number of benzene rings is 2. The van der Waals surface area contributed by atoms with Gasteiger partial charge in [0, 0.05) is 17.0 Å². The topological polar surface area (TPSA) is 54.9 Å². The number of nitrogens with one attached hydrogen (secondary N) is 1. The molecule has 2 aromatic carbocycles. The van der Waals surface area contributed by atoms with Crippen LogP contribution in [0.1, 0.15) is 32.1 Å². The second-order valence-corrected chi connectivity index (χ2v) is 7.06.